The van der Waals surface area contributed by atoms with Gasteiger partial charge < -0.3 is 10.2 Å². The Balaban J connectivity index is 0.000000810. The first-order chi connectivity index (χ1) is 4.43. The molecule has 2 nitrogen and oxygen atoms in total. The molecule has 0 aliphatic carbocycles. The minimum atomic E-state index is 0. The summed E-state index contributed by atoms with van der Waals surface area (Å²) in [6.07, 6.45) is 3.66. The highest BCUT2D eigenvalue weighted by Gasteiger charge is 1.91. The molecule has 0 saturated carbocycles. The van der Waals surface area contributed by atoms with Crippen LogP contribution < -0.4 is 5.73 Å². The Labute approximate surface area is 71.2 Å². The third-order valence-corrected chi connectivity index (χ3v) is 1.21. The Hall–Kier alpha value is -0.280. The first-order valence-corrected chi connectivity index (χ1v) is 3.16. The van der Waals surface area contributed by atoms with Crippen molar-refractivity contribution < 1.29 is 4.42 Å². The van der Waals surface area contributed by atoms with Crippen LogP contribution in [0.1, 0.15) is 12.2 Å². The number of nitrogens with two attached hydrogens (primary N) is 1. The van der Waals surface area contributed by atoms with Crippen molar-refractivity contribution in [1.29, 1.82) is 0 Å². The lowest BCUT2D eigenvalue weighted by molar-refractivity contribution is 0.503. The van der Waals surface area contributed by atoms with Gasteiger partial charge >= 0.3 is 0 Å². The largest absolute Gasteiger partial charge is 0.469 e. The summed E-state index contributed by atoms with van der Waals surface area (Å²) in [7, 11) is 0. The molecule has 0 aromatic carbocycles. The SMILES string of the molecule is Br.NCCCc1ccco1. The second-order valence-electron chi connectivity index (χ2n) is 1.97. The second kappa shape index (κ2) is 5.50. The quantitative estimate of drug-likeness (QED) is 0.818. The van der Waals surface area contributed by atoms with Gasteiger partial charge in [0.25, 0.3) is 0 Å². The van der Waals surface area contributed by atoms with Crippen LogP contribution in [0.2, 0.25) is 0 Å². The molecule has 1 heterocycles. The fourth-order valence-corrected chi connectivity index (χ4v) is 0.731. The molecule has 0 atom stereocenters. The molecule has 0 fully saturated rings. The monoisotopic (exact) mass is 205 g/mol. The van der Waals surface area contributed by atoms with Gasteiger partial charge in [0.05, 0.1) is 6.26 Å². The summed E-state index contributed by atoms with van der Waals surface area (Å²) in [6, 6.07) is 3.86. The summed E-state index contributed by atoms with van der Waals surface area (Å²) in [6.45, 7) is 0.737. The molecule has 0 spiro atoms. The van der Waals surface area contributed by atoms with Gasteiger partial charge in [-0.15, -0.1) is 17.0 Å². The third kappa shape index (κ3) is 3.03. The maximum absolute atomic E-state index is 5.30. The van der Waals surface area contributed by atoms with Crippen molar-refractivity contribution in [1.82, 2.24) is 0 Å². The van der Waals surface area contributed by atoms with Crippen LogP contribution in [-0.4, -0.2) is 6.54 Å². The molecule has 0 unspecified atom stereocenters. The van der Waals surface area contributed by atoms with Crippen LogP contribution in [0, 0.1) is 0 Å². The van der Waals surface area contributed by atoms with Crippen molar-refractivity contribution in [3.05, 3.63) is 24.2 Å². The Morgan fingerprint density at radius 1 is 1.50 bits per heavy atom. The average Bonchev–Trinajstić information content (AvgIpc) is 2.34. The van der Waals surface area contributed by atoms with Crippen molar-refractivity contribution >= 4 is 17.0 Å². The van der Waals surface area contributed by atoms with E-state index in [-0.39, 0.29) is 17.0 Å². The van der Waals surface area contributed by atoms with Gasteiger partial charge in [-0.3, -0.25) is 0 Å². The van der Waals surface area contributed by atoms with Gasteiger partial charge in [0.1, 0.15) is 5.76 Å². The van der Waals surface area contributed by atoms with Crippen molar-refractivity contribution in [2.24, 2.45) is 5.73 Å². The fraction of sp³-hybridized carbons (Fsp3) is 0.429. The Morgan fingerprint density at radius 3 is 2.80 bits per heavy atom. The molecule has 1 aromatic rings. The summed E-state index contributed by atoms with van der Waals surface area (Å²) in [5.41, 5.74) is 5.30. The lowest BCUT2D eigenvalue weighted by atomic mass is 10.2. The predicted molar refractivity (Wildman–Crippen MR) is 46.4 cm³/mol. The summed E-state index contributed by atoms with van der Waals surface area (Å²) >= 11 is 0. The van der Waals surface area contributed by atoms with Gasteiger partial charge in [0.2, 0.25) is 0 Å². The number of hydrogen-bond donors (Lipinski definition) is 1. The van der Waals surface area contributed by atoms with Crippen LogP contribution in [0.25, 0.3) is 0 Å². The summed E-state index contributed by atoms with van der Waals surface area (Å²) in [5, 5.41) is 0. The van der Waals surface area contributed by atoms with E-state index in [2.05, 4.69) is 0 Å². The molecule has 0 bridgehead atoms. The molecule has 2 N–H and O–H groups in total. The van der Waals surface area contributed by atoms with Gasteiger partial charge in [0, 0.05) is 6.42 Å². The van der Waals surface area contributed by atoms with E-state index < -0.39 is 0 Å². The molecular formula is C7H12BrNO. The van der Waals surface area contributed by atoms with Gasteiger partial charge in [-0.05, 0) is 25.1 Å². The first kappa shape index (κ1) is 9.72. The molecule has 0 aliphatic heterocycles. The zero-order valence-corrected chi connectivity index (χ0v) is 7.46. The van der Waals surface area contributed by atoms with Gasteiger partial charge in [-0.2, -0.15) is 0 Å². The molecular weight excluding hydrogens is 194 g/mol. The predicted octanol–water partition coefficient (Wildman–Crippen LogP) is 1.75. The number of halogens is 1. The highest BCUT2D eigenvalue weighted by atomic mass is 79.9. The van der Waals surface area contributed by atoms with Crippen molar-refractivity contribution in [2.75, 3.05) is 6.54 Å². The number of hydrogen-bond acceptors (Lipinski definition) is 2. The van der Waals surface area contributed by atoms with E-state index >= 15 is 0 Å². The van der Waals surface area contributed by atoms with Crippen molar-refractivity contribution in [3.63, 3.8) is 0 Å². The van der Waals surface area contributed by atoms with Crippen LogP contribution in [0.5, 0.6) is 0 Å². The molecule has 0 radical (unpaired) electrons. The minimum Gasteiger partial charge on any atom is -0.469 e. The molecule has 0 aliphatic rings. The Kier molecular flexibility index (Phi) is 5.35. The summed E-state index contributed by atoms with van der Waals surface area (Å²) in [5.74, 6) is 1.03. The molecule has 1 rings (SSSR count). The maximum Gasteiger partial charge on any atom is 0.103 e. The number of aryl methyl sites for hydroxylation is 1. The molecule has 1 aromatic heterocycles. The molecule has 10 heavy (non-hydrogen) atoms. The molecule has 58 valence electrons. The second-order valence-corrected chi connectivity index (χ2v) is 1.97. The third-order valence-electron chi connectivity index (χ3n) is 1.21. The van der Waals surface area contributed by atoms with E-state index in [1.165, 1.54) is 0 Å². The topological polar surface area (TPSA) is 39.2 Å². The van der Waals surface area contributed by atoms with Gasteiger partial charge in [-0.25, -0.2) is 0 Å². The van der Waals surface area contributed by atoms with Crippen molar-refractivity contribution in [2.45, 2.75) is 12.8 Å². The standard InChI is InChI=1S/C7H11NO.BrH/c8-5-1-3-7-4-2-6-9-7;/h2,4,6H,1,3,5,8H2;1H. The first-order valence-electron chi connectivity index (χ1n) is 3.16. The molecule has 0 amide bonds. The molecule has 0 saturated heterocycles. The van der Waals surface area contributed by atoms with E-state index in [1.54, 1.807) is 6.26 Å². The smallest absolute Gasteiger partial charge is 0.103 e. The van der Waals surface area contributed by atoms with Gasteiger partial charge in [-0.1, -0.05) is 0 Å². The van der Waals surface area contributed by atoms with Crippen LogP contribution in [0.3, 0.4) is 0 Å². The maximum atomic E-state index is 5.30. The van der Waals surface area contributed by atoms with Crippen LogP contribution >= 0.6 is 17.0 Å². The van der Waals surface area contributed by atoms with Crippen LogP contribution in [0.15, 0.2) is 22.8 Å². The summed E-state index contributed by atoms with van der Waals surface area (Å²) in [4.78, 5) is 0. The fourth-order valence-electron chi connectivity index (χ4n) is 0.731. The average molecular weight is 206 g/mol. The number of furan rings is 1. The summed E-state index contributed by atoms with van der Waals surface area (Å²) < 4.78 is 5.08. The van der Waals surface area contributed by atoms with Gasteiger partial charge in [0.15, 0.2) is 0 Å². The number of rotatable bonds is 3. The highest BCUT2D eigenvalue weighted by molar-refractivity contribution is 8.93. The molecule has 3 heteroatoms. The lowest BCUT2D eigenvalue weighted by Gasteiger charge is -1.90. The van der Waals surface area contributed by atoms with Crippen molar-refractivity contribution in [3.8, 4) is 0 Å². The lowest BCUT2D eigenvalue weighted by Crippen LogP contribution is -1.99. The zero-order valence-electron chi connectivity index (χ0n) is 5.75. The van der Waals surface area contributed by atoms with E-state index in [9.17, 15) is 0 Å². The minimum absolute atomic E-state index is 0. The van der Waals surface area contributed by atoms with E-state index in [1.807, 2.05) is 12.1 Å². The van der Waals surface area contributed by atoms with Crippen LogP contribution in [0.4, 0.5) is 0 Å². The Morgan fingerprint density at radius 2 is 2.30 bits per heavy atom. The van der Waals surface area contributed by atoms with E-state index in [4.69, 9.17) is 10.2 Å². The van der Waals surface area contributed by atoms with E-state index in [0.717, 1.165) is 25.1 Å². The van der Waals surface area contributed by atoms with E-state index in [0.29, 0.717) is 0 Å². The normalized spacial score (nSPS) is 8.90. The zero-order chi connectivity index (χ0) is 6.53. The highest BCUT2D eigenvalue weighted by Crippen LogP contribution is 2.01. The van der Waals surface area contributed by atoms with Crippen LogP contribution in [-0.2, 0) is 6.42 Å². The Bertz CT molecular complexity index is 151.